The Morgan fingerprint density at radius 2 is 2.00 bits per heavy atom. The number of rotatable bonds is 5. The van der Waals surface area contributed by atoms with Gasteiger partial charge in [0.15, 0.2) is 17.5 Å². The predicted molar refractivity (Wildman–Crippen MR) is 97.9 cm³/mol. The number of pyridine rings is 1. The predicted octanol–water partition coefficient (Wildman–Crippen LogP) is 2.50. The van der Waals surface area contributed by atoms with E-state index in [1.54, 1.807) is 6.20 Å². The Bertz CT molecular complexity index is 704. The number of aliphatic imine (C=N–C) groups is 1. The maximum absolute atomic E-state index is 5.74. The Balaban J connectivity index is 1.63. The van der Waals surface area contributed by atoms with Gasteiger partial charge in [-0.1, -0.05) is 12.1 Å². The number of ether oxygens (including phenoxy) is 2. The fourth-order valence-corrected chi connectivity index (χ4v) is 2.50. The molecule has 6 heteroatoms. The lowest BCUT2D eigenvalue weighted by atomic mass is 10.2. The van der Waals surface area contributed by atoms with Crippen LogP contribution in [0.15, 0.2) is 47.6 Å². The summed E-state index contributed by atoms with van der Waals surface area (Å²) in [6.45, 7) is 5.43. The Morgan fingerprint density at radius 3 is 2.80 bits per heavy atom. The maximum atomic E-state index is 5.74. The molecule has 0 atom stereocenters. The third kappa shape index (κ3) is 5.11. The molecule has 1 aromatic heterocycles. The van der Waals surface area contributed by atoms with E-state index in [-0.39, 0.29) is 0 Å². The number of nitrogens with zero attached hydrogens (tertiary/aromatic N) is 2. The molecule has 0 spiro atoms. The zero-order valence-electron chi connectivity index (χ0n) is 14.5. The Morgan fingerprint density at radius 1 is 1.12 bits per heavy atom. The smallest absolute Gasteiger partial charge is 0.191 e. The first-order valence-electron chi connectivity index (χ1n) is 8.66. The average Bonchev–Trinajstić information content (AvgIpc) is 2.90. The highest BCUT2D eigenvalue weighted by Crippen LogP contribution is 2.30. The van der Waals surface area contributed by atoms with Gasteiger partial charge in [0.05, 0.1) is 32.0 Å². The molecule has 0 saturated carbocycles. The second-order valence-corrected chi connectivity index (χ2v) is 5.70. The first-order valence-corrected chi connectivity index (χ1v) is 8.66. The second-order valence-electron chi connectivity index (χ2n) is 5.70. The summed E-state index contributed by atoms with van der Waals surface area (Å²) in [7, 11) is 0. The highest BCUT2D eigenvalue weighted by molar-refractivity contribution is 5.79. The third-order valence-electron chi connectivity index (χ3n) is 3.74. The van der Waals surface area contributed by atoms with E-state index in [0.717, 1.165) is 41.7 Å². The van der Waals surface area contributed by atoms with Gasteiger partial charge in [0.2, 0.25) is 0 Å². The first kappa shape index (κ1) is 17.1. The first-order chi connectivity index (χ1) is 12.3. The number of aromatic nitrogens is 1. The summed E-state index contributed by atoms with van der Waals surface area (Å²) < 4.78 is 11.4. The fourth-order valence-electron chi connectivity index (χ4n) is 2.50. The molecule has 1 aliphatic rings. The minimum Gasteiger partial charge on any atom is -0.490 e. The molecule has 2 N–H and O–H groups in total. The molecule has 3 rings (SSSR count). The van der Waals surface area contributed by atoms with Gasteiger partial charge in [-0.2, -0.15) is 0 Å². The zero-order chi connectivity index (χ0) is 17.3. The quantitative estimate of drug-likeness (QED) is 0.647. The van der Waals surface area contributed by atoms with E-state index in [9.17, 15) is 0 Å². The molecule has 0 radical (unpaired) electrons. The molecule has 1 aromatic carbocycles. The van der Waals surface area contributed by atoms with Gasteiger partial charge < -0.3 is 20.1 Å². The molecule has 132 valence electrons. The number of nitrogens with one attached hydrogen (secondary N) is 2. The summed E-state index contributed by atoms with van der Waals surface area (Å²) in [5.41, 5.74) is 2.06. The van der Waals surface area contributed by atoms with Crippen molar-refractivity contribution < 1.29 is 9.47 Å². The Hall–Kier alpha value is -2.76. The third-order valence-corrected chi connectivity index (χ3v) is 3.74. The molecule has 0 unspecified atom stereocenters. The van der Waals surface area contributed by atoms with Crippen LogP contribution in [0, 0.1) is 0 Å². The van der Waals surface area contributed by atoms with Crippen LogP contribution in [0.2, 0.25) is 0 Å². The summed E-state index contributed by atoms with van der Waals surface area (Å²) in [5.74, 6) is 2.38. The lowest BCUT2D eigenvalue weighted by Gasteiger charge is -2.12. The van der Waals surface area contributed by atoms with E-state index in [0.29, 0.717) is 26.3 Å². The fraction of sp³-hybridized carbons (Fsp3) is 0.368. The van der Waals surface area contributed by atoms with E-state index in [1.807, 2.05) is 43.3 Å². The molecular formula is C19H24N4O2. The Kier molecular flexibility index (Phi) is 6.09. The van der Waals surface area contributed by atoms with E-state index >= 15 is 0 Å². The molecule has 0 fully saturated rings. The average molecular weight is 340 g/mol. The van der Waals surface area contributed by atoms with Crippen LogP contribution in [-0.2, 0) is 13.1 Å². The van der Waals surface area contributed by atoms with Crippen molar-refractivity contribution in [3.05, 3.63) is 53.9 Å². The van der Waals surface area contributed by atoms with Gasteiger partial charge in [0.1, 0.15) is 0 Å². The van der Waals surface area contributed by atoms with E-state index < -0.39 is 0 Å². The molecule has 2 aromatic rings. The number of hydrogen-bond acceptors (Lipinski definition) is 4. The lowest BCUT2D eigenvalue weighted by molar-refractivity contribution is 0.297. The van der Waals surface area contributed by atoms with Crippen molar-refractivity contribution in [1.29, 1.82) is 0 Å². The van der Waals surface area contributed by atoms with Crippen LogP contribution in [0.1, 0.15) is 24.6 Å². The maximum Gasteiger partial charge on any atom is 0.191 e. The van der Waals surface area contributed by atoms with Crippen LogP contribution in [0.3, 0.4) is 0 Å². The minimum absolute atomic E-state index is 0.564. The lowest BCUT2D eigenvalue weighted by Crippen LogP contribution is -2.37. The van der Waals surface area contributed by atoms with Crippen LogP contribution in [0.25, 0.3) is 0 Å². The van der Waals surface area contributed by atoms with E-state index in [1.165, 1.54) is 0 Å². The summed E-state index contributed by atoms with van der Waals surface area (Å²) in [5, 5.41) is 6.55. The summed E-state index contributed by atoms with van der Waals surface area (Å²) >= 11 is 0. The number of guanidine groups is 1. The highest BCUT2D eigenvalue weighted by atomic mass is 16.5. The van der Waals surface area contributed by atoms with Gasteiger partial charge in [0, 0.05) is 19.2 Å². The zero-order valence-corrected chi connectivity index (χ0v) is 14.5. The van der Waals surface area contributed by atoms with Gasteiger partial charge in [-0.15, -0.1) is 0 Å². The second kappa shape index (κ2) is 8.92. The van der Waals surface area contributed by atoms with Crippen molar-refractivity contribution in [2.45, 2.75) is 26.4 Å². The number of hydrogen-bond donors (Lipinski definition) is 2. The van der Waals surface area contributed by atoms with Gasteiger partial charge in [0.25, 0.3) is 0 Å². The highest BCUT2D eigenvalue weighted by Gasteiger charge is 2.10. The standard InChI is InChI=1S/C19H24N4O2/c1-2-20-19(23-14-16-6-3-4-9-21-16)22-13-15-7-8-17-18(12-15)25-11-5-10-24-17/h3-4,6-9,12H,2,5,10-11,13-14H2,1H3,(H2,20,22,23). The Labute approximate surface area is 148 Å². The molecule has 0 aliphatic carbocycles. The SMILES string of the molecule is CCNC(=NCc1ccc2c(c1)OCCCO2)NCc1ccccn1. The van der Waals surface area contributed by atoms with Crippen LogP contribution in [0.4, 0.5) is 0 Å². The molecule has 25 heavy (non-hydrogen) atoms. The summed E-state index contributed by atoms with van der Waals surface area (Å²) in [6.07, 6.45) is 2.70. The van der Waals surface area contributed by atoms with Crippen molar-refractivity contribution in [1.82, 2.24) is 15.6 Å². The molecule has 1 aliphatic heterocycles. The minimum atomic E-state index is 0.564. The normalized spacial score (nSPS) is 13.9. The van der Waals surface area contributed by atoms with Crippen molar-refractivity contribution in [3.8, 4) is 11.5 Å². The number of benzene rings is 1. The van der Waals surface area contributed by atoms with Crippen LogP contribution in [-0.4, -0.2) is 30.7 Å². The molecular weight excluding hydrogens is 316 g/mol. The van der Waals surface area contributed by atoms with Crippen molar-refractivity contribution in [3.63, 3.8) is 0 Å². The van der Waals surface area contributed by atoms with Gasteiger partial charge in [-0.3, -0.25) is 4.98 Å². The van der Waals surface area contributed by atoms with Crippen molar-refractivity contribution >= 4 is 5.96 Å². The van der Waals surface area contributed by atoms with Gasteiger partial charge in [-0.05, 0) is 36.8 Å². The summed E-state index contributed by atoms with van der Waals surface area (Å²) in [4.78, 5) is 8.95. The molecule has 0 bridgehead atoms. The summed E-state index contributed by atoms with van der Waals surface area (Å²) in [6, 6.07) is 11.9. The van der Waals surface area contributed by atoms with E-state index in [2.05, 4.69) is 20.6 Å². The molecule has 6 nitrogen and oxygen atoms in total. The van der Waals surface area contributed by atoms with Crippen LogP contribution < -0.4 is 20.1 Å². The topological polar surface area (TPSA) is 67.8 Å². The van der Waals surface area contributed by atoms with Crippen LogP contribution in [0.5, 0.6) is 11.5 Å². The number of fused-ring (bicyclic) bond motifs is 1. The van der Waals surface area contributed by atoms with E-state index in [4.69, 9.17) is 9.47 Å². The van der Waals surface area contributed by atoms with Crippen molar-refractivity contribution in [2.24, 2.45) is 4.99 Å². The molecule has 0 saturated heterocycles. The van der Waals surface area contributed by atoms with Gasteiger partial charge in [-0.25, -0.2) is 4.99 Å². The molecule has 0 amide bonds. The monoisotopic (exact) mass is 340 g/mol. The van der Waals surface area contributed by atoms with Crippen molar-refractivity contribution in [2.75, 3.05) is 19.8 Å². The largest absolute Gasteiger partial charge is 0.490 e. The van der Waals surface area contributed by atoms with Gasteiger partial charge >= 0.3 is 0 Å². The van der Waals surface area contributed by atoms with Crippen LogP contribution >= 0.6 is 0 Å². The molecule has 2 heterocycles.